The number of hydrogen-bond donors (Lipinski definition) is 0. The van der Waals surface area contributed by atoms with Crippen LogP contribution in [0.3, 0.4) is 0 Å². The molecular weight excluding hydrogens is 462 g/mol. The lowest BCUT2D eigenvalue weighted by Gasteiger charge is -2.09. The Balaban J connectivity index is 2.04. The van der Waals surface area contributed by atoms with Gasteiger partial charge in [-0.25, -0.2) is 43.9 Å². The summed E-state index contributed by atoms with van der Waals surface area (Å²) < 4.78 is 134. The summed E-state index contributed by atoms with van der Waals surface area (Å²) in [6.45, 7) is 0. The Morgan fingerprint density at radius 2 is 0.562 bits per heavy atom. The van der Waals surface area contributed by atoms with Gasteiger partial charge in [-0.1, -0.05) is 24.3 Å². The minimum absolute atomic E-state index is 0.611. The van der Waals surface area contributed by atoms with E-state index in [-0.39, 0.29) is 0 Å². The molecule has 0 atom stereocenters. The van der Waals surface area contributed by atoms with Gasteiger partial charge in [-0.05, 0) is 0 Å². The molecule has 166 valence electrons. The number of ketones is 2. The molecule has 0 saturated carbocycles. The van der Waals surface area contributed by atoms with Gasteiger partial charge in [-0.3, -0.25) is 9.59 Å². The summed E-state index contributed by atoms with van der Waals surface area (Å²) in [6.07, 6.45) is 0. The molecule has 3 aromatic rings. The molecule has 0 fully saturated rings. The van der Waals surface area contributed by atoms with Crippen molar-refractivity contribution in [2.75, 3.05) is 0 Å². The van der Waals surface area contributed by atoms with Crippen LogP contribution < -0.4 is 0 Å². The first kappa shape index (κ1) is 23.0. The fraction of sp³-hybridized carbons (Fsp3) is 0. The van der Waals surface area contributed by atoms with E-state index in [1.54, 1.807) is 0 Å². The Morgan fingerprint density at radius 3 is 0.781 bits per heavy atom. The smallest absolute Gasteiger partial charge is 0.200 e. The highest BCUT2D eigenvalue weighted by atomic mass is 19.2. The molecule has 0 amide bonds. The van der Waals surface area contributed by atoms with Crippen molar-refractivity contribution in [2.24, 2.45) is 0 Å². The van der Waals surface area contributed by atoms with E-state index in [0.29, 0.717) is 24.3 Å². The third-order valence-corrected chi connectivity index (χ3v) is 4.28. The van der Waals surface area contributed by atoms with E-state index < -0.39 is 92.0 Å². The maximum Gasteiger partial charge on any atom is 0.200 e. The highest BCUT2D eigenvalue weighted by molar-refractivity contribution is 6.12. The molecule has 0 unspecified atom stereocenters. The summed E-state index contributed by atoms with van der Waals surface area (Å²) in [5.74, 6) is -27.6. The standard InChI is InChI=1S/C20H4F10O2/c21-9-7(10(22)14(26)17(29)13(9)25)19(31)5-1-2-6(4-3-5)20(32)8-11(23)15(27)18(30)16(28)12(8)24/h1-4H. The summed E-state index contributed by atoms with van der Waals surface area (Å²) in [7, 11) is 0. The molecule has 0 heterocycles. The summed E-state index contributed by atoms with van der Waals surface area (Å²) in [6, 6.07) is 2.44. The van der Waals surface area contributed by atoms with Crippen LogP contribution in [0.15, 0.2) is 24.3 Å². The predicted octanol–water partition coefficient (Wildman–Crippen LogP) is 5.54. The van der Waals surface area contributed by atoms with Gasteiger partial charge < -0.3 is 0 Å². The van der Waals surface area contributed by atoms with E-state index in [9.17, 15) is 53.5 Å². The van der Waals surface area contributed by atoms with Crippen molar-refractivity contribution >= 4 is 11.6 Å². The van der Waals surface area contributed by atoms with E-state index in [2.05, 4.69) is 0 Å². The van der Waals surface area contributed by atoms with Crippen molar-refractivity contribution < 1.29 is 53.5 Å². The van der Waals surface area contributed by atoms with Crippen molar-refractivity contribution in [3.63, 3.8) is 0 Å². The lowest BCUT2D eigenvalue weighted by atomic mass is 9.97. The van der Waals surface area contributed by atoms with Gasteiger partial charge in [0, 0.05) is 11.1 Å². The van der Waals surface area contributed by atoms with Crippen molar-refractivity contribution in [1.29, 1.82) is 0 Å². The molecule has 0 aliphatic carbocycles. The third-order valence-electron chi connectivity index (χ3n) is 4.28. The molecule has 32 heavy (non-hydrogen) atoms. The molecule has 0 spiro atoms. The van der Waals surface area contributed by atoms with E-state index in [4.69, 9.17) is 0 Å². The van der Waals surface area contributed by atoms with E-state index in [1.165, 1.54) is 0 Å². The third kappa shape index (κ3) is 3.41. The largest absolute Gasteiger partial charge is 0.288 e. The molecule has 0 radical (unpaired) electrons. The first-order chi connectivity index (χ1) is 14.9. The monoisotopic (exact) mass is 466 g/mol. The zero-order valence-corrected chi connectivity index (χ0v) is 14.9. The van der Waals surface area contributed by atoms with Gasteiger partial charge in [0.05, 0.1) is 0 Å². The van der Waals surface area contributed by atoms with E-state index >= 15 is 0 Å². The Labute approximate surface area is 170 Å². The van der Waals surface area contributed by atoms with Crippen LogP contribution in [0.4, 0.5) is 43.9 Å². The number of hydrogen-bond acceptors (Lipinski definition) is 2. The molecule has 0 N–H and O–H groups in total. The van der Waals surface area contributed by atoms with Crippen molar-refractivity contribution in [3.05, 3.63) is 105 Å². The van der Waals surface area contributed by atoms with Crippen LogP contribution in [0.1, 0.15) is 31.8 Å². The molecular formula is C20H4F10O2. The highest BCUT2D eigenvalue weighted by Gasteiger charge is 2.32. The Morgan fingerprint density at radius 1 is 0.375 bits per heavy atom. The average Bonchev–Trinajstić information content (AvgIpc) is 2.79. The fourth-order valence-electron chi connectivity index (χ4n) is 2.67. The molecule has 2 nitrogen and oxygen atoms in total. The molecule has 0 aliphatic heterocycles. The number of halogens is 10. The number of carbonyl (C=O) groups excluding carboxylic acids is 2. The SMILES string of the molecule is O=C(c1ccc(C(=O)c2c(F)c(F)c(F)c(F)c2F)cc1)c1c(F)c(F)c(F)c(F)c1F. The minimum atomic E-state index is -2.50. The van der Waals surface area contributed by atoms with Gasteiger partial charge in [0.15, 0.2) is 58.1 Å². The Kier molecular flexibility index (Phi) is 5.81. The van der Waals surface area contributed by atoms with Gasteiger partial charge in [0.1, 0.15) is 11.1 Å². The van der Waals surface area contributed by atoms with Crippen LogP contribution in [-0.2, 0) is 0 Å². The number of rotatable bonds is 4. The van der Waals surface area contributed by atoms with Crippen LogP contribution >= 0.6 is 0 Å². The molecule has 3 aromatic carbocycles. The van der Waals surface area contributed by atoms with Crippen LogP contribution in [-0.4, -0.2) is 11.6 Å². The van der Waals surface area contributed by atoms with Crippen LogP contribution in [0.2, 0.25) is 0 Å². The van der Waals surface area contributed by atoms with Crippen molar-refractivity contribution in [1.82, 2.24) is 0 Å². The highest BCUT2D eigenvalue weighted by Crippen LogP contribution is 2.27. The van der Waals surface area contributed by atoms with Gasteiger partial charge in [-0.2, -0.15) is 0 Å². The number of carbonyl (C=O) groups is 2. The first-order valence-electron chi connectivity index (χ1n) is 8.12. The molecule has 0 aliphatic rings. The van der Waals surface area contributed by atoms with Crippen molar-refractivity contribution in [3.8, 4) is 0 Å². The maximum absolute atomic E-state index is 13.8. The second-order valence-corrected chi connectivity index (χ2v) is 6.13. The van der Waals surface area contributed by atoms with E-state index in [1.807, 2.05) is 0 Å². The van der Waals surface area contributed by atoms with Gasteiger partial charge in [0.25, 0.3) is 0 Å². The quantitative estimate of drug-likeness (QED) is 0.219. The first-order valence-corrected chi connectivity index (χ1v) is 8.12. The second-order valence-electron chi connectivity index (χ2n) is 6.13. The van der Waals surface area contributed by atoms with Gasteiger partial charge in [0.2, 0.25) is 11.6 Å². The Hall–Kier alpha value is -3.70. The topological polar surface area (TPSA) is 34.1 Å². The zero-order valence-electron chi connectivity index (χ0n) is 14.9. The minimum Gasteiger partial charge on any atom is -0.288 e. The fourth-order valence-corrected chi connectivity index (χ4v) is 2.67. The molecule has 0 bridgehead atoms. The lowest BCUT2D eigenvalue weighted by Crippen LogP contribution is -2.15. The second kappa shape index (κ2) is 8.09. The zero-order chi connectivity index (χ0) is 24.1. The summed E-state index contributed by atoms with van der Waals surface area (Å²) in [5.41, 5.74) is -5.05. The normalized spacial score (nSPS) is 11.1. The lowest BCUT2D eigenvalue weighted by molar-refractivity contribution is 0.101. The molecule has 12 heteroatoms. The molecule has 3 rings (SSSR count). The van der Waals surface area contributed by atoms with Crippen LogP contribution in [0.25, 0.3) is 0 Å². The maximum atomic E-state index is 13.8. The Bertz CT molecular complexity index is 1140. The van der Waals surface area contributed by atoms with Crippen molar-refractivity contribution in [2.45, 2.75) is 0 Å². The summed E-state index contributed by atoms with van der Waals surface area (Å²) in [5, 5.41) is 0. The van der Waals surface area contributed by atoms with E-state index in [0.717, 1.165) is 0 Å². The summed E-state index contributed by atoms with van der Waals surface area (Å²) in [4.78, 5) is 24.4. The van der Waals surface area contributed by atoms with Gasteiger partial charge >= 0.3 is 0 Å². The summed E-state index contributed by atoms with van der Waals surface area (Å²) >= 11 is 0. The average molecular weight is 466 g/mol. The predicted molar refractivity (Wildman–Crippen MR) is 85.8 cm³/mol. The molecule has 0 saturated heterocycles. The number of benzene rings is 3. The van der Waals surface area contributed by atoms with Crippen LogP contribution in [0.5, 0.6) is 0 Å². The van der Waals surface area contributed by atoms with Gasteiger partial charge in [-0.15, -0.1) is 0 Å². The molecule has 0 aromatic heterocycles. The van der Waals surface area contributed by atoms with Crippen LogP contribution in [0, 0.1) is 58.2 Å².